The van der Waals surface area contributed by atoms with Gasteiger partial charge in [-0.3, -0.25) is 19.1 Å². The van der Waals surface area contributed by atoms with Crippen LogP contribution < -0.4 is 16.2 Å². The second-order valence-electron chi connectivity index (χ2n) is 9.52. The minimum Gasteiger partial charge on any atom is -0.382 e. The maximum atomic E-state index is 14.9. The molecule has 3 aromatic rings. The molecular formula is C23H27FN8O5. The minimum atomic E-state index is -0.934. The molecule has 0 saturated heterocycles. The molecule has 13 nitrogen and oxygen atoms in total. The molecule has 2 atom stereocenters. The fourth-order valence-corrected chi connectivity index (χ4v) is 4.78. The highest BCUT2D eigenvalue weighted by Crippen LogP contribution is 2.51. The molecule has 3 N–H and O–H groups in total. The molecule has 0 aromatic carbocycles. The van der Waals surface area contributed by atoms with Gasteiger partial charge in [0.2, 0.25) is 5.91 Å². The second kappa shape index (κ2) is 10.2. The highest BCUT2D eigenvalue weighted by molar-refractivity contribution is 6.01. The predicted molar refractivity (Wildman–Crippen MR) is 125 cm³/mol. The number of carbonyl (C=O) groups excluding carboxylic acids is 2. The molecule has 0 spiro atoms. The number of hydrogen-bond acceptors (Lipinski definition) is 9. The van der Waals surface area contributed by atoms with Crippen molar-refractivity contribution < 1.29 is 23.3 Å². The van der Waals surface area contributed by atoms with Crippen molar-refractivity contribution in [2.75, 3.05) is 19.0 Å². The molecule has 0 bridgehead atoms. The molecule has 3 aromatic heterocycles. The van der Waals surface area contributed by atoms with Crippen LogP contribution in [0.1, 0.15) is 53.5 Å². The van der Waals surface area contributed by atoms with Crippen molar-refractivity contribution in [3.8, 4) is 0 Å². The van der Waals surface area contributed by atoms with E-state index in [9.17, 15) is 18.8 Å². The van der Waals surface area contributed by atoms with Crippen molar-refractivity contribution in [1.29, 1.82) is 0 Å². The fourth-order valence-electron chi connectivity index (χ4n) is 4.78. The summed E-state index contributed by atoms with van der Waals surface area (Å²) in [5, 5.41) is 22.5. The summed E-state index contributed by atoms with van der Waals surface area (Å²) in [4.78, 5) is 38.7. The van der Waals surface area contributed by atoms with E-state index < -0.39 is 35.4 Å². The summed E-state index contributed by atoms with van der Waals surface area (Å²) in [6.45, 7) is 1.60. The molecule has 2 amide bonds. The first-order valence-electron chi connectivity index (χ1n) is 12.1. The van der Waals surface area contributed by atoms with Crippen LogP contribution in [0.25, 0.3) is 0 Å². The van der Waals surface area contributed by atoms with E-state index in [1.165, 1.54) is 30.3 Å². The number of H-pyrrole nitrogens is 1. The van der Waals surface area contributed by atoms with Crippen LogP contribution in [0.3, 0.4) is 0 Å². The number of rotatable bonds is 11. The molecule has 2 saturated carbocycles. The molecular weight excluding hydrogens is 487 g/mol. The Hall–Kier alpha value is -3.94. The van der Waals surface area contributed by atoms with Gasteiger partial charge in [0, 0.05) is 18.9 Å². The number of hydrogen-bond donors (Lipinski definition) is 3. The topological polar surface area (TPSA) is 170 Å². The first-order chi connectivity index (χ1) is 17.9. The van der Waals surface area contributed by atoms with Crippen molar-refractivity contribution in [2.24, 2.45) is 17.8 Å². The molecule has 2 aliphatic carbocycles. The number of halogens is 1. The number of aromatic nitrogens is 6. The highest BCUT2D eigenvalue weighted by atomic mass is 19.1. The Labute approximate surface area is 210 Å². The predicted octanol–water partition coefficient (Wildman–Crippen LogP) is 1.21. The number of anilines is 1. The number of nitrogens with one attached hydrogen (secondary N) is 3. The summed E-state index contributed by atoms with van der Waals surface area (Å²) in [6, 6.07) is -0.187. The van der Waals surface area contributed by atoms with Crippen LogP contribution in [0, 0.1) is 30.6 Å². The lowest BCUT2D eigenvalue weighted by molar-refractivity contribution is -0.119. The second-order valence-corrected chi connectivity index (χ2v) is 9.52. The number of methoxy groups -OCH3 is 1. The van der Waals surface area contributed by atoms with Crippen molar-refractivity contribution in [3.05, 3.63) is 51.7 Å². The maximum absolute atomic E-state index is 14.9. The zero-order chi connectivity index (χ0) is 26.1. The van der Waals surface area contributed by atoms with Gasteiger partial charge < -0.3 is 15.4 Å². The van der Waals surface area contributed by atoms with Gasteiger partial charge in [0.1, 0.15) is 23.5 Å². The van der Waals surface area contributed by atoms with E-state index in [-0.39, 0.29) is 29.5 Å². The van der Waals surface area contributed by atoms with Gasteiger partial charge in [-0.1, -0.05) is 5.16 Å². The summed E-state index contributed by atoms with van der Waals surface area (Å²) in [6.07, 6.45) is 6.57. The van der Waals surface area contributed by atoms with Crippen LogP contribution in [0.15, 0.2) is 27.9 Å². The van der Waals surface area contributed by atoms with E-state index in [0.29, 0.717) is 17.5 Å². The molecule has 2 aliphatic rings. The zero-order valence-corrected chi connectivity index (χ0v) is 20.3. The first-order valence-corrected chi connectivity index (χ1v) is 12.1. The van der Waals surface area contributed by atoms with E-state index >= 15 is 0 Å². The third-order valence-electron chi connectivity index (χ3n) is 6.86. The van der Waals surface area contributed by atoms with Crippen LogP contribution in [-0.2, 0) is 9.53 Å². The monoisotopic (exact) mass is 514 g/mol. The van der Waals surface area contributed by atoms with Gasteiger partial charge in [0.15, 0.2) is 5.69 Å². The van der Waals surface area contributed by atoms with Gasteiger partial charge in [-0.15, -0.1) is 5.10 Å². The number of carbonyl (C=O) groups is 2. The lowest BCUT2D eigenvalue weighted by Crippen LogP contribution is -2.50. The third-order valence-corrected chi connectivity index (χ3v) is 6.86. The average molecular weight is 515 g/mol. The number of aryl methyl sites for hydroxylation is 1. The van der Waals surface area contributed by atoms with Crippen molar-refractivity contribution in [2.45, 2.75) is 44.7 Å². The SMILES string of the molecule is COC[C@H](c1ccn[nH]c1=O)n1cc(NC(=O)[C@@H](NC(=O)c2nonc2C)C(C2CC2)C2CC2)c(F)n1. The van der Waals surface area contributed by atoms with E-state index in [1.54, 1.807) is 6.92 Å². The normalized spacial score (nSPS) is 17.0. The standard InChI is InChI=1S/C23H27FN8O5/c1-11-18(31-37-30-11)22(34)27-19(17(12-3-4-12)13-5-6-13)23(35)26-15-9-32(29-20(15)24)16(10-36-2)14-7-8-25-28-21(14)33/h7-9,12-13,16-17,19H,3-6,10H2,1-2H3,(H,26,35)(H,27,34)(H,28,33)/t16-,19+/m1/s1. The largest absolute Gasteiger partial charge is 0.382 e. The molecule has 0 radical (unpaired) electrons. The van der Waals surface area contributed by atoms with E-state index in [2.05, 4.69) is 40.9 Å². The van der Waals surface area contributed by atoms with Gasteiger partial charge in [0.25, 0.3) is 17.4 Å². The lowest BCUT2D eigenvalue weighted by atomic mass is 9.88. The Balaban J connectivity index is 1.40. The van der Waals surface area contributed by atoms with Crippen molar-refractivity contribution >= 4 is 17.5 Å². The Morgan fingerprint density at radius 1 is 1.27 bits per heavy atom. The van der Waals surface area contributed by atoms with Crippen LogP contribution in [0.5, 0.6) is 0 Å². The van der Waals surface area contributed by atoms with Crippen LogP contribution in [0.4, 0.5) is 10.1 Å². The smallest absolute Gasteiger partial charge is 0.276 e. The Morgan fingerprint density at radius 2 is 2.00 bits per heavy atom. The number of ether oxygens (including phenoxy) is 1. The van der Waals surface area contributed by atoms with Gasteiger partial charge in [-0.2, -0.15) is 9.49 Å². The molecule has 37 heavy (non-hydrogen) atoms. The molecule has 0 aliphatic heterocycles. The quantitative estimate of drug-likeness (QED) is 0.340. The Bertz CT molecular complexity index is 1330. The summed E-state index contributed by atoms with van der Waals surface area (Å²) in [7, 11) is 1.44. The highest BCUT2D eigenvalue weighted by Gasteiger charge is 2.48. The van der Waals surface area contributed by atoms with Gasteiger partial charge in [0.05, 0.1) is 12.8 Å². The van der Waals surface area contributed by atoms with E-state index in [1.807, 2.05) is 0 Å². The molecule has 2 fully saturated rings. The van der Waals surface area contributed by atoms with Crippen molar-refractivity contribution in [3.63, 3.8) is 0 Å². The van der Waals surface area contributed by atoms with E-state index in [4.69, 9.17) is 4.74 Å². The van der Waals surface area contributed by atoms with Gasteiger partial charge >= 0.3 is 0 Å². The van der Waals surface area contributed by atoms with Gasteiger partial charge in [-0.05, 0) is 61.6 Å². The molecule has 14 heteroatoms. The van der Waals surface area contributed by atoms with Crippen LogP contribution >= 0.6 is 0 Å². The lowest BCUT2D eigenvalue weighted by Gasteiger charge is -2.27. The average Bonchev–Trinajstić information content (AvgIpc) is 3.81. The molecule has 3 heterocycles. The number of nitrogens with zero attached hydrogens (tertiary/aromatic N) is 5. The Kier molecular flexibility index (Phi) is 6.82. The molecule has 0 unspecified atom stereocenters. The summed E-state index contributed by atoms with van der Waals surface area (Å²) in [5.41, 5.74) is -0.0918. The minimum absolute atomic E-state index is 0.00729. The van der Waals surface area contributed by atoms with E-state index in [0.717, 1.165) is 25.7 Å². The van der Waals surface area contributed by atoms with Crippen LogP contribution in [-0.4, -0.2) is 61.9 Å². The maximum Gasteiger partial charge on any atom is 0.276 e. The fraction of sp³-hybridized carbons (Fsp3) is 0.522. The third kappa shape index (κ3) is 5.28. The first kappa shape index (κ1) is 24.7. The van der Waals surface area contributed by atoms with Crippen LogP contribution in [0.2, 0.25) is 0 Å². The zero-order valence-electron chi connectivity index (χ0n) is 20.3. The molecule has 196 valence electrons. The Morgan fingerprint density at radius 3 is 2.59 bits per heavy atom. The summed E-state index contributed by atoms with van der Waals surface area (Å²) >= 11 is 0. The summed E-state index contributed by atoms with van der Waals surface area (Å²) in [5.74, 6) is -1.56. The molecule has 5 rings (SSSR count). The number of aromatic amines is 1. The summed E-state index contributed by atoms with van der Waals surface area (Å²) < 4.78 is 26.0. The van der Waals surface area contributed by atoms with Crippen molar-refractivity contribution in [1.82, 2.24) is 35.6 Å². The van der Waals surface area contributed by atoms with Gasteiger partial charge in [-0.25, -0.2) is 9.73 Å². The number of amides is 2.